The Balaban J connectivity index is 1.76. The number of ether oxygens (including phenoxy) is 1. The number of rotatable bonds is 0. The molecule has 0 aliphatic carbocycles. The van der Waals surface area contributed by atoms with Crippen molar-refractivity contribution >= 4 is 5.97 Å². The van der Waals surface area contributed by atoms with Gasteiger partial charge in [0.2, 0.25) is 0 Å². The SMILES string of the molecule is C[C@H]1OC(=O)[C@@H]2[C@H]1N1CCc3ccccc3[C@H]1C[C@H]2O. The van der Waals surface area contributed by atoms with Crippen molar-refractivity contribution in [3.8, 4) is 0 Å². The van der Waals surface area contributed by atoms with Crippen LogP contribution in [0.2, 0.25) is 0 Å². The lowest BCUT2D eigenvalue weighted by Crippen LogP contribution is -2.56. The molecule has 1 N–H and O–H groups in total. The topological polar surface area (TPSA) is 49.8 Å². The number of benzene rings is 1. The van der Waals surface area contributed by atoms with Crippen LogP contribution in [0, 0.1) is 5.92 Å². The van der Waals surface area contributed by atoms with E-state index in [2.05, 4.69) is 29.2 Å². The number of piperidine rings is 1. The molecule has 20 heavy (non-hydrogen) atoms. The zero-order valence-corrected chi connectivity index (χ0v) is 11.5. The summed E-state index contributed by atoms with van der Waals surface area (Å²) < 4.78 is 5.37. The summed E-state index contributed by atoms with van der Waals surface area (Å²) in [6.07, 6.45) is 0.910. The minimum atomic E-state index is -0.593. The second-order valence-corrected chi connectivity index (χ2v) is 6.16. The Kier molecular flexibility index (Phi) is 2.66. The van der Waals surface area contributed by atoms with Gasteiger partial charge in [0, 0.05) is 12.6 Å². The van der Waals surface area contributed by atoms with Crippen LogP contribution in [0.1, 0.15) is 30.5 Å². The van der Waals surface area contributed by atoms with Gasteiger partial charge in [-0.05, 0) is 30.9 Å². The molecule has 0 amide bonds. The molecule has 2 fully saturated rings. The van der Waals surface area contributed by atoms with Crippen molar-refractivity contribution in [2.75, 3.05) is 6.54 Å². The van der Waals surface area contributed by atoms with Gasteiger partial charge in [-0.3, -0.25) is 9.69 Å². The second-order valence-electron chi connectivity index (χ2n) is 6.16. The highest BCUT2D eigenvalue weighted by molar-refractivity contribution is 5.77. The highest BCUT2D eigenvalue weighted by Crippen LogP contribution is 2.45. The van der Waals surface area contributed by atoms with Crippen LogP contribution in [0.25, 0.3) is 0 Å². The summed E-state index contributed by atoms with van der Waals surface area (Å²) in [6, 6.07) is 8.69. The lowest BCUT2D eigenvalue weighted by Gasteiger charge is -2.48. The van der Waals surface area contributed by atoms with Crippen LogP contribution < -0.4 is 0 Å². The van der Waals surface area contributed by atoms with Crippen molar-refractivity contribution < 1.29 is 14.6 Å². The maximum absolute atomic E-state index is 11.9. The molecule has 1 aromatic carbocycles. The molecule has 5 atom stereocenters. The minimum absolute atomic E-state index is 0.0182. The fourth-order valence-corrected chi connectivity index (χ4v) is 4.29. The van der Waals surface area contributed by atoms with Gasteiger partial charge in [-0.2, -0.15) is 0 Å². The molecular weight excluding hydrogens is 254 g/mol. The number of hydrogen-bond donors (Lipinski definition) is 1. The molecule has 2 saturated heterocycles. The number of aliphatic hydroxyl groups excluding tert-OH is 1. The van der Waals surface area contributed by atoms with E-state index in [4.69, 9.17) is 4.74 Å². The summed E-state index contributed by atoms with van der Waals surface area (Å²) in [5.41, 5.74) is 2.68. The highest BCUT2D eigenvalue weighted by Gasteiger charge is 2.55. The van der Waals surface area contributed by atoms with Crippen LogP contribution in [0.15, 0.2) is 24.3 Å². The van der Waals surface area contributed by atoms with Crippen molar-refractivity contribution in [1.82, 2.24) is 4.90 Å². The third-order valence-electron chi connectivity index (χ3n) is 5.14. The average molecular weight is 273 g/mol. The van der Waals surface area contributed by atoms with Crippen molar-refractivity contribution in [2.45, 2.75) is 44.1 Å². The predicted molar refractivity (Wildman–Crippen MR) is 73.0 cm³/mol. The molecule has 106 valence electrons. The number of aliphatic hydroxyl groups is 1. The molecule has 0 unspecified atom stereocenters. The Labute approximate surface area is 118 Å². The van der Waals surface area contributed by atoms with Gasteiger partial charge in [-0.15, -0.1) is 0 Å². The first-order chi connectivity index (χ1) is 9.66. The first-order valence-electron chi connectivity index (χ1n) is 7.39. The molecule has 3 heterocycles. The van der Waals surface area contributed by atoms with Crippen LogP contribution in [0.3, 0.4) is 0 Å². The Hall–Kier alpha value is -1.39. The Morgan fingerprint density at radius 3 is 3.00 bits per heavy atom. The summed E-state index contributed by atoms with van der Waals surface area (Å²) in [7, 11) is 0. The number of carbonyl (C=O) groups excluding carboxylic acids is 1. The van der Waals surface area contributed by atoms with Gasteiger partial charge in [-0.1, -0.05) is 24.3 Å². The highest BCUT2D eigenvalue weighted by atomic mass is 16.6. The largest absolute Gasteiger partial charge is 0.461 e. The van der Waals surface area contributed by atoms with E-state index in [1.54, 1.807) is 0 Å². The number of hydrogen-bond acceptors (Lipinski definition) is 4. The Morgan fingerprint density at radius 2 is 2.15 bits per heavy atom. The van der Waals surface area contributed by atoms with Crippen molar-refractivity contribution in [1.29, 1.82) is 0 Å². The summed E-state index contributed by atoms with van der Waals surface area (Å²) in [4.78, 5) is 14.3. The van der Waals surface area contributed by atoms with Crippen molar-refractivity contribution in [3.63, 3.8) is 0 Å². The molecule has 4 nitrogen and oxygen atoms in total. The van der Waals surface area contributed by atoms with Gasteiger partial charge in [0.1, 0.15) is 12.0 Å². The van der Waals surface area contributed by atoms with E-state index in [1.165, 1.54) is 11.1 Å². The third kappa shape index (κ3) is 1.58. The van der Waals surface area contributed by atoms with Crippen LogP contribution in [-0.4, -0.2) is 40.8 Å². The molecule has 0 bridgehead atoms. The fourth-order valence-electron chi connectivity index (χ4n) is 4.29. The van der Waals surface area contributed by atoms with Gasteiger partial charge in [0.25, 0.3) is 0 Å². The van der Waals surface area contributed by atoms with Gasteiger partial charge in [-0.25, -0.2) is 0 Å². The summed E-state index contributed by atoms with van der Waals surface area (Å²) in [6.45, 7) is 2.88. The number of nitrogens with zero attached hydrogens (tertiary/aromatic N) is 1. The first kappa shape index (κ1) is 12.4. The summed E-state index contributed by atoms with van der Waals surface area (Å²) in [5.74, 6) is -0.598. The monoisotopic (exact) mass is 273 g/mol. The van der Waals surface area contributed by atoms with Gasteiger partial charge in [0.15, 0.2) is 0 Å². The number of cyclic esters (lactones) is 1. The molecule has 0 radical (unpaired) electrons. The van der Waals surface area contributed by atoms with Gasteiger partial charge >= 0.3 is 5.97 Å². The lowest BCUT2D eigenvalue weighted by molar-refractivity contribution is -0.147. The fraction of sp³-hybridized carbons (Fsp3) is 0.562. The molecule has 3 aliphatic rings. The standard InChI is InChI=1S/C16H19NO3/c1-9-15-14(16(19)20-9)13(18)8-12-11-5-3-2-4-10(11)6-7-17(12)15/h2-5,9,12-15,18H,6-8H2,1H3/t9-,12-,13-,14+,15+/m1/s1. The summed E-state index contributed by atoms with van der Waals surface area (Å²) in [5, 5.41) is 10.4. The van der Waals surface area contributed by atoms with E-state index in [1.807, 2.05) is 6.92 Å². The van der Waals surface area contributed by atoms with Crippen molar-refractivity contribution in [3.05, 3.63) is 35.4 Å². The third-order valence-corrected chi connectivity index (χ3v) is 5.14. The zero-order valence-electron chi connectivity index (χ0n) is 11.5. The van der Waals surface area contributed by atoms with E-state index in [0.29, 0.717) is 6.42 Å². The van der Waals surface area contributed by atoms with E-state index in [9.17, 15) is 9.90 Å². The average Bonchev–Trinajstić information content (AvgIpc) is 2.75. The Bertz CT molecular complexity index is 558. The normalized spacial score (nSPS) is 39.7. The maximum Gasteiger partial charge on any atom is 0.313 e. The molecular formula is C16H19NO3. The number of esters is 1. The second kappa shape index (κ2) is 4.30. The maximum atomic E-state index is 11.9. The number of carbonyl (C=O) groups is 1. The predicted octanol–water partition coefficient (Wildman–Crippen LogP) is 1.28. The van der Waals surface area contributed by atoms with Crippen LogP contribution >= 0.6 is 0 Å². The van der Waals surface area contributed by atoms with Crippen LogP contribution in [0.5, 0.6) is 0 Å². The van der Waals surface area contributed by atoms with E-state index in [-0.39, 0.29) is 30.1 Å². The summed E-state index contributed by atoms with van der Waals surface area (Å²) >= 11 is 0. The molecule has 4 rings (SSSR count). The number of fused-ring (bicyclic) bond motifs is 5. The molecule has 4 heteroatoms. The molecule has 3 aliphatic heterocycles. The molecule has 0 spiro atoms. The molecule has 0 saturated carbocycles. The molecule has 0 aromatic heterocycles. The first-order valence-corrected chi connectivity index (χ1v) is 7.39. The van der Waals surface area contributed by atoms with Gasteiger partial charge in [0.05, 0.1) is 12.1 Å². The van der Waals surface area contributed by atoms with E-state index in [0.717, 1.165) is 13.0 Å². The quantitative estimate of drug-likeness (QED) is 0.724. The Morgan fingerprint density at radius 1 is 1.35 bits per heavy atom. The minimum Gasteiger partial charge on any atom is -0.461 e. The van der Waals surface area contributed by atoms with Crippen LogP contribution in [0.4, 0.5) is 0 Å². The zero-order chi connectivity index (χ0) is 13.9. The van der Waals surface area contributed by atoms with Crippen molar-refractivity contribution in [2.24, 2.45) is 5.92 Å². The lowest BCUT2D eigenvalue weighted by atomic mass is 9.77. The van der Waals surface area contributed by atoms with Crippen LogP contribution in [-0.2, 0) is 16.0 Å². The van der Waals surface area contributed by atoms with Gasteiger partial charge < -0.3 is 9.84 Å². The molecule has 1 aromatic rings. The van der Waals surface area contributed by atoms with E-state index < -0.39 is 6.10 Å². The van der Waals surface area contributed by atoms with E-state index >= 15 is 0 Å². The smallest absolute Gasteiger partial charge is 0.313 e.